The summed E-state index contributed by atoms with van der Waals surface area (Å²) < 4.78 is 21.1. The SMILES string of the molecule is CCOC(=O)c1cc2c(OC)c(OC)c3cc(C(=O)OCC)[nH]c3c2[nH]1. The third-order valence-electron chi connectivity index (χ3n) is 3.98. The first kappa shape index (κ1) is 17.7. The third-order valence-corrected chi connectivity index (χ3v) is 3.98. The Bertz CT molecular complexity index is 905. The lowest BCUT2D eigenvalue weighted by atomic mass is 10.1. The first-order valence-corrected chi connectivity index (χ1v) is 8.19. The molecule has 0 spiro atoms. The van der Waals surface area contributed by atoms with E-state index in [1.807, 2.05) is 0 Å². The monoisotopic (exact) mass is 360 g/mol. The lowest BCUT2D eigenvalue weighted by Gasteiger charge is -2.10. The number of methoxy groups -OCH3 is 2. The van der Waals surface area contributed by atoms with Gasteiger partial charge in [-0.25, -0.2) is 9.59 Å². The zero-order valence-corrected chi connectivity index (χ0v) is 15.0. The molecular weight excluding hydrogens is 340 g/mol. The largest absolute Gasteiger partial charge is 0.492 e. The number of aromatic amines is 2. The van der Waals surface area contributed by atoms with Crippen molar-refractivity contribution in [2.75, 3.05) is 27.4 Å². The van der Waals surface area contributed by atoms with Crippen molar-refractivity contribution in [3.8, 4) is 11.5 Å². The number of carbonyl (C=O) groups is 2. The van der Waals surface area contributed by atoms with Gasteiger partial charge in [0, 0.05) is 10.8 Å². The minimum absolute atomic E-state index is 0.263. The van der Waals surface area contributed by atoms with E-state index in [0.29, 0.717) is 33.3 Å². The summed E-state index contributed by atoms with van der Waals surface area (Å²) in [6, 6.07) is 3.28. The van der Waals surface area contributed by atoms with E-state index in [2.05, 4.69) is 9.97 Å². The topological polar surface area (TPSA) is 103 Å². The number of fused-ring (bicyclic) bond motifs is 3. The minimum atomic E-state index is -0.477. The highest BCUT2D eigenvalue weighted by Crippen LogP contribution is 2.43. The Labute approximate surface area is 149 Å². The van der Waals surface area contributed by atoms with Crippen LogP contribution in [0.4, 0.5) is 0 Å². The van der Waals surface area contributed by atoms with Gasteiger partial charge in [0.1, 0.15) is 11.4 Å². The molecule has 0 fully saturated rings. The van der Waals surface area contributed by atoms with E-state index in [9.17, 15) is 9.59 Å². The number of aromatic nitrogens is 2. The van der Waals surface area contributed by atoms with Gasteiger partial charge in [-0.1, -0.05) is 0 Å². The maximum absolute atomic E-state index is 12.1. The third kappa shape index (κ3) is 2.73. The zero-order chi connectivity index (χ0) is 18.8. The molecule has 0 radical (unpaired) electrons. The van der Waals surface area contributed by atoms with Gasteiger partial charge in [-0.05, 0) is 26.0 Å². The van der Waals surface area contributed by atoms with Crippen molar-refractivity contribution in [3.05, 3.63) is 23.5 Å². The fourth-order valence-corrected chi connectivity index (χ4v) is 2.95. The molecule has 0 aliphatic heterocycles. The Kier molecular flexibility index (Phi) is 4.75. The molecule has 1 aromatic carbocycles. The van der Waals surface area contributed by atoms with Crippen LogP contribution < -0.4 is 9.47 Å². The lowest BCUT2D eigenvalue weighted by molar-refractivity contribution is 0.0511. The van der Waals surface area contributed by atoms with Crippen molar-refractivity contribution < 1.29 is 28.5 Å². The lowest BCUT2D eigenvalue weighted by Crippen LogP contribution is -2.04. The van der Waals surface area contributed by atoms with Gasteiger partial charge in [0.25, 0.3) is 0 Å². The van der Waals surface area contributed by atoms with Gasteiger partial charge in [0.15, 0.2) is 11.5 Å². The average Bonchev–Trinajstić information content (AvgIpc) is 3.25. The molecule has 138 valence electrons. The smallest absolute Gasteiger partial charge is 0.354 e. The summed E-state index contributed by atoms with van der Waals surface area (Å²) in [5.41, 5.74) is 1.77. The number of benzene rings is 1. The van der Waals surface area contributed by atoms with Crippen LogP contribution in [0.2, 0.25) is 0 Å². The van der Waals surface area contributed by atoms with Crippen molar-refractivity contribution in [2.45, 2.75) is 13.8 Å². The van der Waals surface area contributed by atoms with Crippen LogP contribution >= 0.6 is 0 Å². The number of carbonyl (C=O) groups excluding carboxylic acids is 2. The molecule has 0 aliphatic rings. The number of rotatable bonds is 6. The Morgan fingerprint density at radius 1 is 0.808 bits per heavy atom. The van der Waals surface area contributed by atoms with Crippen LogP contribution in [0.15, 0.2) is 12.1 Å². The summed E-state index contributed by atoms with van der Waals surface area (Å²) in [6.07, 6.45) is 0. The van der Waals surface area contributed by atoms with E-state index in [0.717, 1.165) is 0 Å². The molecule has 2 aromatic heterocycles. The van der Waals surface area contributed by atoms with Gasteiger partial charge >= 0.3 is 11.9 Å². The van der Waals surface area contributed by atoms with E-state index >= 15 is 0 Å². The minimum Gasteiger partial charge on any atom is -0.492 e. The molecule has 0 aliphatic carbocycles. The average molecular weight is 360 g/mol. The van der Waals surface area contributed by atoms with E-state index in [1.165, 1.54) is 14.2 Å². The number of nitrogens with one attached hydrogen (secondary N) is 2. The second-order valence-corrected chi connectivity index (χ2v) is 5.45. The van der Waals surface area contributed by atoms with Crippen molar-refractivity contribution in [2.24, 2.45) is 0 Å². The molecule has 0 bridgehead atoms. The van der Waals surface area contributed by atoms with E-state index in [-0.39, 0.29) is 24.6 Å². The van der Waals surface area contributed by atoms with Crippen molar-refractivity contribution >= 4 is 33.7 Å². The summed E-state index contributed by atoms with van der Waals surface area (Å²) in [6.45, 7) is 4.00. The Balaban J connectivity index is 2.31. The van der Waals surface area contributed by atoms with Crippen LogP contribution in [0.25, 0.3) is 21.8 Å². The second-order valence-electron chi connectivity index (χ2n) is 5.45. The summed E-state index contributed by atoms with van der Waals surface area (Å²) in [5, 5.41) is 1.27. The molecule has 8 nitrogen and oxygen atoms in total. The number of ether oxygens (including phenoxy) is 4. The number of hydrogen-bond acceptors (Lipinski definition) is 6. The number of hydrogen-bond donors (Lipinski definition) is 2. The molecule has 0 saturated carbocycles. The van der Waals surface area contributed by atoms with Crippen molar-refractivity contribution in [1.29, 1.82) is 0 Å². The van der Waals surface area contributed by atoms with Gasteiger partial charge in [-0.15, -0.1) is 0 Å². The predicted molar refractivity (Wildman–Crippen MR) is 95.2 cm³/mol. The molecule has 0 atom stereocenters. The van der Waals surface area contributed by atoms with Crippen molar-refractivity contribution in [1.82, 2.24) is 9.97 Å². The molecule has 0 unspecified atom stereocenters. The Morgan fingerprint density at radius 2 is 1.19 bits per heavy atom. The highest BCUT2D eigenvalue weighted by atomic mass is 16.5. The number of esters is 2. The molecule has 0 amide bonds. The van der Waals surface area contributed by atoms with Crippen LogP contribution in [0.1, 0.15) is 34.8 Å². The second kappa shape index (κ2) is 6.99. The van der Waals surface area contributed by atoms with Gasteiger partial charge in [-0.2, -0.15) is 0 Å². The van der Waals surface area contributed by atoms with Crippen LogP contribution in [0.3, 0.4) is 0 Å². The molecule has 0 saturated heterocycles. The summed E-state index contributed by atoms with van der Waals surface area (Å²) in [7, 11) is 3.03. The zero-order valence-electron chi connectivity index (χ0n) is 15.0. The Morgan fingerprint density at radius 3 is 1.50 bits per heavy atom. The van der Waals surface area contributed by atoms with Crippen LogP contribution in [0, 0.1) is 0 Å². The summed E-state index contributed by atoms with van der Waals surface area (Å²) in [4.78, 5) is 30.3. The van der Waals surface area contributed by atoms with Gasteiger partial charge in [0.2, 0.25) is 0 Å². The van der Waals surface area contributed by atoms with Crippen molar-refractivity contribution in [3.63, 3.8) is 0 Å². The molecule has 2 N–H and O–H groups in total. The highest BCUT2D eigenvalue weighted by Gasteiger charge is 2.23. The molecule has 3 rings (SSSR count). The van der Waals surface area contributed by atoms with Gasteiger partial charge in [-0.3, -0.25) is 0 Å². The fraction of sp³-hybridized carbons (Fsp3) is 0.333. The molecule has 26 heavy (non-hydrogen) atoms. The normalized spacial score (nSPS) is 10.9. The first-order valence-electron chi connectivity index (χ1n) is 8.19. The van der Waals surface area contributed by atoms with E-state index in [1.54, 1.807) is 26.0 Å². The standard InChI is InChI=1S/C18H20N2O6/c1-5-25-17(21)11-7-9-13(19-11)14-10(16(24-4)15(9)23-3)8-12(20-14)18(22)26-6-2/h7-8,19-20H,5-6H2,1-4H3. The number of H-pyrrole nitrogens is 2. The quantitative estimate of drug-likeness (QED) is 0.655. The molecule has 2 heterocycles. The Hall–Kier alpha value is -3.16. The maximum Gasteiger partial charge on any atom is 0.354 e. The predicted octanol–water partition coefficient (Wildman–Crippen LogP) is 3.02. The summed E-state index contributed by atoms with van der Waals surface area (Å²) in [5.74, 6) is -0.0440. The van der Waals surface area contributed by atoms with E-state index in [4.69, 9.17) is 18.9 Å². The van der Waals surface area contributed by atoms with Crippen LogP contribution in [-0.4, -0.2) is 49.3 Å². The fourth-order valence-electron chi connectivity index (χ4n) is 2.95. The summed E-state index contributed by atoms with van der Waals surface area (Å²) >= 11 is 0. The highest BCUT2D eigenvalue weighted by molar-refractivity contribution is 6.14. The molecule has 3 aromatic rings. The maximum atomic E-state index is 12.1. The van der Waals surface area contributed by atoms with Gasteiger partial charge < -0.3 is 28.9 Å². The molecule has 8 heteroatoms. The van der Waals surface area contributed by atoms with E-state index < -0.39 is 11.9 Å². The van der Waals surface area contributed by atoms with Crippen LogP contribution in [0.5, 0.6) is 11.5 Å². The molecular formula is C18H20N2O6. The van der Waals surface area contributed by atoms with Crippen LogP contribution in [-0.2, 0) is 9.47 Å². The first-order chi connectivity index (χ1) is 12.5. The van der Waals surface area contributed by atoms with Gasteiger partial charge in [0.05, 0.1) is 38.5 Å².